The molecule has 0 saturated carbocycles. The first kappa shape index (κ1) is 16.6. The van der Waals surface area contributed by atoms with Crippen molar-refractivity contribution in [3.8, 4) is 0 Å². The number of nitrogens with one attached hydrogen (secondary N) is 2. The number of sulfonamides is 1. The van der Waals surface area contributed by atoms with Crippen LogP contribution >= 0.6 is 11.3 Å². The highest BCUT2D eigenvalue weighted by molar-refractivity contribution is 7.89. The average molecular weight is 306 g/mol. The highest BCUT2D eigenvalue weighted by Crippen LogP contribution is 2.26. The second kappa shape index (κ2) is 6.32. The fourth-order valence-electron chi connectivity index (χ4n) is 1.86. The molecule has 0 aliphatic carbocycles. The Morgan fingerprint density at radius 3 is 2.58 bits per heavy atom. The minimum absolute atomic E-state index is 0.318. The lowest BCUT2D eigenvalue weighted by Gasteiger charge is -2.24. The first-order valence-electron chi connectivity index (χ1n) is 5.98. The summed E-state index contributed by atoms with van der Waals surface area (Å²) in [6.45, 7) is 6.40. The summed E-state index contributed by atoms with van der Waals surface area (Å²) in [5.74, 6) is 0. The molecular formula is C12H22N2O3S2. The van der Waals surface area contributed by atoms with E-state index in [1.807, 2.05) is 14.0 Å². The number of thiophene rings is 1. The number of ether oxygens (including phenoxy) is 1. The summed E-state index contributed by atoms with van der Waals surface area (Å²) in [7, 11) is -0.127. The zero-order chi connectivity index (χ0) is 14.7. The van der Waals surface area contributed by atoms with Crippen molar-refractivity contribution in [1.29, 1.82) is 0 Å². The van der Waals surface area contributed by atoms with Gasteiger partial charge in [-0.15, -0.1) is 11.3 Å². The van der Waals surface area contributed by atoms with Gasteiger partial charge in [-0.2, -0.15) is 0 Å². The maximum Gasteiger partial charge on any atom is 0.242 e. The maximum atomic E-state index is 12.4. The number of hydrogen-bond acceptors (Lipinski definition) is 5. The lowest BCUT2D eigenvalue weighted by molar-refractivity contribution is 0.141. The van der Waals surface area contributed by atoms with E-state index in [9.17, 15) is 8.42 Å². The molecule has 0 fully saturated rings. The largest absolute Gasteiger partial charge is 0.383 e. The van der Waals surface area contributed by atoms with Crippen molar-refractivity contribution >= 4 is 21.4 Å². The van der Waals surface area contributed by atoms with Crippen LogP contribution in [-0.2, 0) is 21.3 Å². The van der Waals surface area contributed by atoms with Crippen LogP contribution in [0.4, 0.5) is 0 Å². The molecule has 0 spiro atoms. The monoisotopic (exact) mass is 306 g/mol. The maximum absolute atomic E-state index is 12.4. The Labute approximate surface area is 119 Å². The van der Waals surface area contributed by atoms with Gasteiger partial charge in [0.15, 0.2) is 0 Å². The Hall–Kier alpha value is -0.470. The summed E-state index contributed by atoms with van der Waals surface area (Å²) >= 11 is 1.49. The molecule has 0 aromatic carbocycles. The van der Waals surface area contributed by atoms with Crippen LogP contribution in [0.1, 0.15) is 23.6 Å². The van der Waals surface area contributed by atoms with Crippen molar-refractivity contribution in [3.05, 3.63) is 15.8 Å². The molecule has 2 N–H and O–H groups in total. The Morgan fingerprint density at radius 2 is 2.05 bits per heavy atom. The Morgan fingerprint density at radius 1 is 1.42 bits per heavy atom. The smallest absolute Gasteiger partial charge is 0.242 e. The van der Waals surface area contributed by atoms with Crippen LogP contribution in [0.5, 0.6) is 0 Å². The van der Waals surface area contributed by atoms with E-state index in [4.69, 9.17) is 4.74 Å². The van der Waals surface area contributed by atoms with Crippen molar-refractivity contribution in [3.63, 3.8) is 0 Å². The quantitative estimate of drug-likeness (QED) is 0.801. The number of rotatable bonds is 7. The first-order valence-corrected chi connectivity index (χ1v) is 8.28. The molecular weight excluding hydrogens is 284 g/mol. The van der Waals surface area contributed by atoms with Gasteiger partial charge >= 0.3 is 0 Å². The summed E-state index contributed by atoms with van der Waals surface area (Å²) < 4.78 is 32.5. The van der Waals surface area contributed by atoms with Crippen LogP contribution in [0.25, 0.3) is 0 Å². The van der Waals surface area contributed by atoms with E-state index in [0.29, 0.717) is 18.0 Å². The van der Waals surface area contributed by atoms with Crippen molar-refractivity contribution in [2.75, 3.05) is 20.8 Å². The molecule has 0 radical (unpaired) electrons. The van der Waals surface area contributed by atoms with Gasteiger partial charge in [0, 0.05) is 23.4 Å². The Balaban J connectivity index is 3.00. The molecule has 0 aliphatic heterocycles. The molecule has 0 aliphatic rings. The highest BCUT2D eigenvalue weighted by Gasteiger charge is 2.28. The van der Waals surface area contributed by atoms with Gasteiger partial charge in [0.2, 0.25) is 10.0 Å². The van der Waals surface area contributed by atoms with E-state index in [1.165, 1.54) is 11.3 Å². The predicted molar refractivity (Wildman–Crippen MR) is 78.1 cm³/mol. The van der Waals surface area contributed by atoms with Gasteiger partial charge in [0.05, 0.1) is 17.0 Å². The SMILES string of the molecule is CNCc1cc(S(=O)(=O)NC(C)(C)COC)c(C)s1. The van der Waals surface area contributed by atoms with Gasteiger partial charge in [0.1, 0.15) is 0 Å². The second-order valence-corrected chi connectivity index (χ2v) is 8.08. The minimum atomic E-state index is -3.52. The Kier molecular flexibility index (Phi) is 5.52. The van der Waals surface area contributed by atoms with Gasteiger partial charge in [-0.1, -0.05) is 0 Å². The third kappa shape index (κ3) is 4.54. The molecule has 110 valence electrons. The van der Waals surface area contributed by atoms with Crippen LogP contribution in [0, 0.1) is 6.92 Å². The Bertz CT molecular complexity index is 521. The van der Waals surface area contributed by atoms with E-state index in [-0.39, 0.29) is 0 Å². The van der Waals surface area contributed by atoms with Gasteiger partial charge in [0.25, 0.3) is 0 Å². The van der Waals surface area contributed by atoms with Crippen LogP contribution in [0.3, 0.4) is 0 Å². The number of methoxy groups -OCH3 is 1. The molecule has 1 rings (SSSR count). The van der Waals surface area contributed by atoms with Crippen LogP contribution in [0.2, 0.25) is 0 Å². The van der Waals surface area contributed by atoms with Gasteiger partial charge < -0.3 is 10.1 Å². The van der Waals surface area contributed by atoms with Crippen LogP contribution < -0.4 is 10.0 Å². The zero-order valence-electron chi connectivity index (χ0n) is 12.0. The summed E-state index contributed by atoms with van der Waals surface area (Å²) in [6.07, 6.45) is 0. The van der Waals surface area contributed by atoms with Crippen LogP contribution in [-0.4, -0.2) is 34.7 Å². The lowest BCUT2D eigenvalue weighted by atomic mass is 10.1. The average Bonchev–Trinajstić information content (AvgIpc) is 2.59. The van der Waals surface area contributed by atoms with E-state index >= 15 is 0 Å². The second-order valence-electron chi connectivity index (χ2n) is 5.09. The summed E-state index contributed by atoms with van der Waals surface area (Å²) in [4.78, 5) is 2.16. The molecule has 5 nitrogen and oxygen atoms in total. The first-order chi connectivity index (χ1) is 8.72. The fraction of sp³-hybridized carbons (Fsp3) is 0.667. The molecule has 7 heteroatoms. The standard InChI is InChI=1S/C12H22N2O3S2/c1-9-11(6-10(18-9)7-13-4)19(15,16)14-12(2,3)8-17-5/h6,13-14H,7-8H2,1-5H3. The molecule has 0 unspecified atom stereocenters. The lowest BCUT2D eigenvalue weighted by Crippen LogP contribution is -2.46. The molecule has 0 saturated heterocycles. The van der Waals surface area contributed by atoms with Crippen molar-refractivity contribution in [1.82, 2.24) is 10.0 Å². The molecule has 19 heavy (non-hydrogen) atoms. The van der Waals surface area contributed by atoms with E-state index in [1.54, 1.807) is 27.0 Å². The third-order valence-corrected chi connectivity index (χ3v) is 5.48. The highest BCUT2D eigenvalue weighted by atomic mass is 32.2. The zero-order valence-corrected chi connectivity index (χ0v) is 13.7. The van der Waals surface area contributed by atoms with Gasteiger partial charge in [-0.3, -0.25) is 0 Å². The van der Waals surface area contributed by atoms with Crippen molar-refractivity contribution < 1.29 is 13.2 Å². The normalized spacial score (nSPS) is 12.9. The molecule has 0 bridgehead atoms. The van der Waals surface area contributed by atoms with Crippen molar-refractivity contribution in [2.45, 2.75) is 37.8 Å². The predicted octanol–water partition coefficient (Wildman–Crippen LogP) is 1.48. The fourth-order valence-corrected chi connectivity index (χ4v) is 4.91. The topological polar surface area (TPSA) is 67.4 Å². The van der Waals surface area contributed by atoms with Crippen LogP contribution in [0.15, 0.2) is 11.0 Å². The number of hydrogen-bond donors (Lipinski definition) is 2. The van der Waals surface area contributed by atoms with Gasteiger partial charge in [-0.25, -0.2) is 13.1 Å². The third-order valence-electron chi connectivity index (χ3n) is 2.48. The molecule has 1 aromatic heterocycles. The number of aryl methyl sites for hydroxylation is 1. The van der Waals surface area contributed by atoms with Crippen molar-refractivity contribution in [2.24, 2.45) is 0 Å². The molecule has 0 atom stereocenters. The molecule has 1 heterocycles. The van der Waals surface area contributed by atoms with E-state index < -0.39 is 15.6 Å². The minimum Gasteiger partial charge on any atom is -0.383 e. The van der Waals surface area contributed by atoms with Gasteiger partial charge in [-0.05, 0) is 33.9 Å². The summed E-state index contributed by atoms with van der Waals surface area (Å²) in [5, 5.41) is 3.02. The van der Waals surface area contributed by atoms with E-state index in [2.05, 4.69) is 10.0 Å². The summed E-state index contributed by atoms with van der Waals surface area (Å²) in [6, 6.07) is 1.72. The molecule has 0 amide bonds. The summed E-state index contributed by atoms with van der Waals surface area (Å²) in [5.41, 5.74) is -0.634. The van der Waals surface area contributed by atoms with E-state index in [0.717, 1.165) is 9.75 Å². The molecule has 1 aromatic rings.